The largest absolute Gasteiger partial charge is 0.487 e. The second kappa shape index (κ2) is 6.35. The average Bonchev–Trinajstić information content (AvgIpc) is 3.05. The maximum atomic E-state index is 12.8. The van der Waals surface area contributed by atoms with E-state index in [1.807, 2.05) is 43.3 Å². The molecule has 0 aliphatic carbocycles. The molecule has 0 unspecified atom stereocenters. The first-order valence-electron chi connectivity index (χ1n) is 8.06. The first-order valence-corrected chi connectivity index (χ1v) is 8.06. The van der Waals surface area contributed by atoms with Gasteiger partial charge in [-0.05, 0) is 36.8 Å². The molecule has 7 nitrogen and oxygen atoms in total. The van der Waals surface area contributed by atoms with Crippen molar-refractivity contribution in [2.45, 2.75) is 20.1 Å². The van der Waals surface area contributed by atoms with E-state index in [2.05, 4.69) is 15.3 Å². The van der Waals surface area contributed by atoms with Crippen LogP contribution in [-0.2, 0) is 13.2 Å². The molecule has 0 radical (unpaired) electrons. The predicted octanol–water partition coefficient (Wildman–Crippen LogP) is 2.22. The minimum atomic E-state index is -0.121. The van der Waals surface area contributed by atoms with E-state index in [1.54, 1.807) is 21.8 Å². The number of nitrogens with zero attached hydrogens (tertiary/aromatic N) is 5. The molecule has 7 heteroatoms. The van der Waals surface area contributed by atoms with Crippen molar-refractivity contribution in [3.05, 3.63) is 65.6 Å². The van der Waals surface area contributed by atoms with Gasteiger partial charge in [-0.2, -0.15) is 10.2 Å². The van der Waals surface area contributed by atoms with Crippen LogP contribution in [0.4, 0.5) is 5.82 Å². The molecule has 2 aromatic heterocycles. The summed E-state index contributed by atoms with van der Waals surface area (Å²) in [6, 6.07) is 13.2. The second-order valence-electron chi connectivity index (χ2n) is 5.89. The summed E-state index contributed by atoms with van der Waals surface area (Å²) < 4.78 is 7.44. The molecule has 1 aliphatic heterocycles. The van der Waals surface area contributed by atoms with Gasteiger partial charge in [0, 0.05) is 6.54 Å². The van der Waals surface area contributed by atoms with E-state index in [1.165, 1.54) is 0 Å². The quantitative estimate of drug-likeness (QED) is 0.731. The maximum absolute atomic E-state index is 12.8. The monoisotopic (exact) mass is 335 g/mol. The molecule has 0 bridgehead atoms. The van der Waals surface area contributed by atoms with Crippen molar-refractivity contribution in [1.29, 1.82) is 0 Å². The third-order valence-electron chi connectivity index (χ3n) is 4.02. The van der Waals surface area contributed by atoms with Crippen molar-refractivity contribution in [1.82, 2.24) is 20.0 Å². The molecule has 0 spiro atoms. The van der Waals surface area contributed by atoms with Gasteiger partial charge in [0.1, 0.15) is 23.7 Å². The van der Waals surface area contributed by atoms with Crippen LogP contribution >= 0.6 is 0 Å². The zero-order chi connectivity index (χ0) is 17.2. The summed E-state index contributed by atoms with van der Waals surface area (Å²) in [5, 5.41) is 12.5. The van der Waals surface area contributed by atoms with Gasteiger partial charge in [-0.1, -0.05) is 18.2 Å². The average molecular weight is 335 g/mol. The fraction of sp³-hybridized carbons (Fsp3) is 0.222. The number of aryl methyl sites for hydroxylation is 1. The van der Waals surface area contributed by atoms with E-state index in [0.717, 1.165) is 17.0 Å². The topological polar surface area (TPSA) is 73.1 Å². The highest BCUT2D eigenvalue weighted by molar-refractivity contribution is 6.05. The molecule has 4 rings (SSSR count). The number of carbonyl (C=O) groups is 1. The Hall–Kier alpha value is -3.22. The number of benzene rings is 1. The third kappa shape index (κ3) is 3.08. The van der Waals surface area contributed by atoms with Crippen molar-refractivity contribution in [3.63, 3.8) is 0 Å². The van der Waals surface area contributed by atoms with E-state index >= 15 is 0 Å². The number of amides is 1. The normalized spacial score (nSPS) is 13.6. The van der Waals surface area contributed by atoms with Crippen LogP contribution in [0.15, 0.2) is 48.7 Å². The number of carbonyl (C=O) groups excluding carboxylic acids is 1. The lowest BCUT2D eigenvalue weighted by Crippen LogP contribution is -2.41. The van der Waals surface area contributed by atoms with Crippen LogP contribution in [-0.4, -0.2) is 32.4 Å². The Kier molecular flexibility index (Phi) is 3.89. The lowest BCUT2D eigenvalue weighted by atomic mass is 10.2. The zero-order valence-corrected chi connectivity index (χ0v) is 13.8. The van der Waals surface area contributed by atoms with Gasteiger partial charge in [-0.3, -0.25) is 14.4 Å². The Balaban J connectivity index is 1.53. The van der Waals surface area contributed by atoms with Crippen LogP contribution in [0.5, 0.6) is 5.75 Å². The van der Waals surface area contributed by atoms with Crippen LogP contribution in [0.2, 0.25) is 0 Å². The van der Waals surface area contributed by atoms with Gasteiger partial charge in [0.25, 0.3) is 5.91 Å². The lowest BCUT2D eigenvalue weighted by Gasteiger charge is -2.26. The van der Waals surface area contributed by atoms with Crippen LogP contribution in [0.1, 0.15) is 21.7 Å². The van der Waals surface area contributed by atoms with Crippen molar-refractivity contribution in [3.8, 4) is 5.75 Å². The lowest BCUT2D eigenvalue weighted by molar-refractivity contribution is 0.0961. The molecule has 1 aromatic carbocycles. The number of anilines is 1. The molecule has 0 atom stereocenters. The number of ether oxygens (including phenoxy) is 1. The van der Waals surface area contributed by atoms with Gasteiger partial charge in [-0.15, -0.1) is 5.10 Å². The van der Waals surface area contributed by atoms with E-state index in [0.29, 0.717) is 31.2 Å². The number of hydrogen-bond donors (Lipinski definition) is 0. The standard InChI is InChI=1S/C18H17N5O2/c1-13-9-17(20-19-11-13)22-7-8-23-16(18(22)24)10-14(21-23)12-25-15-5-3-2-4-6-15/h2-6,9-11H,7-8,12H2,1H3. The van der Waals surface area contributed by atoms with Gasteiger partial charge >= 0.3 is 0 Å². The van der Waals surface area contributed by atoms with Crippen molar-refractivity contribution in [2.75, 3.05) is 11.4 Å². The van der Waals surface area contributed by atoms with E-state index in [9.17, 15) is 4.79 Å². The summed E-state index contributed by atoms with van der Waals surface area (Å²) in [6.07, 6.45) is 1.67. The highest BCUT2D eigenvalue weighted by atomic mass is 16.5. The SMILES string of the molecule is Cc1cnnc(N2CCn3nc(COc4ccccc4)cc3C2=O)c1. The van der Waals surface area contributed by atoms with Crippen LogP contribution in [0.25, 0.3) is 0 Å². The zero-order valence-electron chi connectivity index (χ0n) is 13.8. The van der Waals surface area contributed by atoms with Crippen molar-refractivity contribution in [2.24, 2.45) is 0 Å². The van der Waals surface area contributed by atoms with E-state index in [-0.39, 0.29) is 5.91 Å². The predicted molar refractivity (Wildman–Crippen MR) is 91.4 cm³/mol. The summed E-state index contributed by atoms with van der Waals surface area (Å²) in [4.78, 5) is 14.4. The molecular weight excluding hydrogens is 318 g/mol. The number of fused-ring (bicyclic) bond motifs is 1. The smallest absolute Gasteiger partial charge is 0.277 e. The molecule has 0 fully saturated rings. The minimum absolute atomic E-state index is 0.121. The molecule has 0 saturated heterocycles. The van der Waals surface area contributed by atoms with Gasteiger partial charge in [0.2, 0.25) is 0 Å². The summed E-state index contributed by atoms with van der Waals surface area (Å²) in [5.41, 5.74) is 2.24. The number of para-hydroxylation sites is 1. The highest BCUT2D eigenvalue weighted by Crippen LogP contribution is 2.20. The number of aromatic nitrogens is 4. The van der Waals surface area contributed by atoms with Crippen molar-refractivity contribution >= 4 is 11.7 Å². The van der Waals surface area contributed by atoms with Gasteiger partial charge < -0.3 is 4.74 Å². The van der Waals surface area contributed by atoms with E-state index < -0.39 is 0 Å². The number of hydrogen-bond acceptors (Lipinski definition) is 5. The van der Waals surface area contributed by atoms with E-state index in [4.69, 9.17) is 4.74 Å². The molecule has 3 aromatic rings. The number of rotatable bonds is 4. The highest BCUT2D eigenvalue weighted by Gasteiger charge is 2.28. The molecule has 1 amide bonds. The van der Waals surface area contributed by atoms with Crippen molar-refractivity contribution < 1.29 is 9.53 Å². The fourth-order valence-electron chi connectivity index (χ4n) is 2.79. The van der Waals surface area contributed by atoms with Crippen LogP contribution in [0.3, 0.4) is 0 Å². The van der Waals surface area contributed by atoms with Gasteiger partial charge in [0.05, 0.1) is 12.7 Å². The Morgan fingerprint density at radius 2 is 2.00 bits per heavy atom. The molecule has 25 heavy (non-hydrogen) atoms. The molecule has 1 aliphatic rings. The molecule has 3 heterocycles. The molecule has 0 N–H and O–H groups in total. The maximum Gasteiger partial charge on any atom is 0.277 e. The van der Waals surface area contributed by atoms with Crippen LogP contribution < -0.4 is 9.64 Å². The summed E-state index contributed by atoms with van der Waals surface area (Å²) in [6.45, 7) is 3.38. The Morgan fingerprint density at radius 1 is 1.16 bits per heavy atom. The Bertz CT molecular complexity index is 907. The molecular formula is C18H17N5O2. The first kappa shape index (κ1) is 15.3. The Morgan fingerprint density at radius 3 is 2.80 bits per heavy atom. The summed E-state index contributed by atoms with van der Waals surface area (Å²) in [7, 11) is 0. The first-order chi connectivity index (χ1) is 12.2. The van der Waals surface area contributed by atoms with Crippen LogP contribution in [0, 0.1) is 6.92 Å². The summed E-state index contributed by atoms with van der Waals surface area (Å²) in [5.74, 6) is 1.22. The minimum Gasteiger partial charge on any atom is -0.487 e. The van der Waals surface area contributed by atoms with Gasteiger partial charge in [0.15, 0.2) is 5.82 Å². The molecule has 0 saturated carbocycles. The molecule has 126 valence electrons. The summed E-state index contributed by atoms with van der Waals surface area (Å²) >= 11 is 0. The third-order valence-corrected chi connectivity index (χ3v) is 4.02. The fourth-order valence-corrected chi connectivity index (χ4v) is 2.79. The Labute approximate surface area is 144 Å². The second-order valence-corrected chi connectivity index (χ2v) is 5.89. The van der Waals surface area contributed by atoms with Gasteiger partial charge in [-0.25, -0.2) is 0 Å².